The lowest BCUT2D eigenvalue weighted by atomic mass is 10.1. The van der Waals surface area contributed by atoms with Gasteiger partial charge in [-0.2, -0.15) is 0 Å². The molecule has 1 unspecified atom stereocenters. The van der Waals surface area contributed by atoms with Crippen molar-refractivity contribution in [1.82, 2.24) is 5.32 Å². The number of rotatable bonds is 12. The minimum Gasteiger partial charge on any atom is -0.480 e. The molecule has 0 aliphatic heterocycles. The molecule has 114 valence electrons. The number of carboxylic acid groups (broad SMARTS) is 1. The Morgan fingerprint density at radius 2 is 1.79 bits per heavy atom. The van der Waals surface area contributed by atoms with Crippen molar-refractivity contribution in [2.45, 2.75) is 51.4 Å². The van der Waals surface area contributed by atoms with Gasteiger partial charge in [-0.3, -0.25) is 14.7 Å². The number of hydrogen-bond acceptors (Lipinski definition) is 4. The molecule has 7 nitrogen and oxygen atoms in total. The first-order valence-electron chi connectivity index (χ1n) is 6.50. The maximum absolute atomic E-state index is 11.1. The van der Waals surface area contributed by atoms with Crippen molar-refractivity contribution >= 4 is 13.6 Å². The molecule has 8 heteroatoms. The Bertz CT molecular complexity index is 293. The number of nitrogens with one attached hydrogen (secondary N) is 1. The molecule has 0 saturated carbocycles. The molecule has 0 amide bonds. The molecule has 0 aromatic carbocycles. The maximum atomic E-state index is 11.1. The van der Waals surface area contributed by atoms with Crippen LogP contribution in [-0.4, -0.2) is 40.0 Å². The molecule has 0 rings (SSSR count). The molecule has 4 N–H and O–H groups in total. The van der Waals surface area contributed by atoms with Crippen molar-refractivity contribution in [1.29, 1.82) is 0 Å². The third-order valence-corrected chi connectivity index (χ3v) is 3.45. The Morgan fingerprint density at radius 3 is 2.32 bits per heavy atom. The molecule has 0 aliphatic rings. The van der Waals surface area contributed by atoms with E-state index in [1.165, 1.54) is 6.42 Å². The van der Waals surface area contributed by atoms with Gasteiger partial charge in [-0.05, 0) is 6.42 Å². The Labute approximate surface area is 113 Å². The number of carbonyl (C=O) groups is 1. The second-order valence-corrected chi connectivity index (χ2v) is 6.00. The lowest BCUT2D eigenvalue weighted by Gasteiger charge is -2.19. The Balaban J connectivity index is 3.81. The molecule has 0 fully saturated rings. The minimum atomic E-state index is -4.49. The molecule has 0 aromatic heterocycles. The average Bonchev–Trinajstić information content (AvgIpc) is 2.29. The SMILES string of the molecule is CCCCCCCCOC(NCC(=O)O)P(=O)(O)O. The molecule has 0 bridgehead atoms. The quantitative estimate of drug-likeness (QED) is 0.245. The summed E-state index contributed by atoms with van der Waals surface area (Å²) in [7, 11) is -4.49. The summed E-state index contributed by atoms with van der Waals surface area (Å²) in [5.41, 5.74) is 0. The summed E-state index contributed by atoms with van der Waals surface area (Å²) >= 11 is 0. The van der Waals surface area contributed by atoms with E-state index in [1.54, 1.807) is 0 Å². The number of hydrogen-bond donors (Lipinski definition) is 4. The average molecular weight is 297 g/mol. The van der Waals surface area contributed by atoms with Crippen LogP contribution in [0.25, 0.3) is 0 Å². The first kappa shape index (κ1) is 18.5. The number of carboxylic acids is 1. The summed E-state index contributed by atoms with van der Waals surface area (Å²) in [6, 6.07) is 0. The van der Waals surface area contributed by atoms with E-state index >= 15 is 0 Å². The van der Waals surface area contributed by atoms with Crippen LogP contribution in [0.15, 0.2) is 0 Å². The monoisotopic (exact) mass is 297 g/mol. The molecule has 0 aromatic rings. The van der Waals surface area contributed by atoms with Gasteiger partial charge in [-0.15, -0.1) is 0 Å². The van der Waals surface area contributed by atoms with Crippen molar-refractivity contribution in [3.05, 3.63) is 0 Å². The third-order valence-electron chi connectivity index (χ3n) is 2.51. The van der Waals surface area contributed by atoms with Gasteiger partial charge in [0.05, 0.1) is 6.54 Å². The second kappa shape index (κ2) is 10.3. The lowest BCUT2D eigenvalue weighted by Crippen LogP contribution is -2.35. The zero-order chi connectivity index (χ0) is 14.7. The predicted molar refractivity (Wildman–Crippen MR) is 70.8 cm³/mol. The van der Waals surface area contributed by atoms with Gasteiger partial charge in [0.2, 0.25) is 5.97 Å². The van der Waals surface area contributed by atoms with E-state index in [-0.39, 0.29) is 6.61 Å². The van der Waals surface area contributed by atoms with E-state index in [0.29, 0.717) is 6.42 Å². The zero-order valence-corrected chi connectivity index (χ0v) is 12.1. The van der Waals surface area contributed by atoms with Gasteiger partial charge in [-0.25, -0.2) is 0 Å². The van der Waals surface area contributed by atoms with E-state index in [0.717, 1.165) is 25.7 Å². The summed E-state index contributed by atoms with van der Waals surface area (Å²) in [6.07, 6.45) is 6.21. The first-order chi connectivity index (χ1) is 8.88. The van der Waals surface area contributed by atoms with Crippen molar-refractivity contribution in [2.75, 3.05) is 13.2 Å². The smallest absolute Gasteiger partial charge is 0.368 e. The van der Waals surface area contributed by atoms with Gasteiger partial charge in [-0.1, -0.05) is 39.0 Å². The minimum absolute atomic E-state index is 0.203. The van der Waals surface area contributed by atoms with Gasteiger partial charge in [0.15, 0.2) is 0 Å². The van der Waals surface area contributed by atoms with E-state index in [9.17, 15) is 9.36 Å². The molecular formula is C11H24NO6P. The van der Waals surface area contributed by atoms with Crippen molar-refractivity contribution in [3.63, 3.8) is 0 Å². The van der Waals surface area contributed by atoms with Crippen molar-refractivity contribution in [3.8, 4) is 0 Å². The Kier molecular flexibility index (Phi) is 10.1. The van der Waals surface area contributed by atoms with Crippen LogP contribution in [0.4, 0.5) is 0 Å². The molecule has 0 radical (unpaired) electrons. The summed E-state index contributed by atoms with van der Waals surface area (Å²) in [5, 5.41) is 10.6. The van der Waals surface area contributed by atoms with Crippen molar-refractivity contribution < 1.29 is 29.0 Å². The number of aliphatic carboxylic acids is 1. The van der Waals surface area contributed by atoms with E-state index < -0.39 is 26.1 Å². The molecule has 0 saturated heterocycles. The predicted octanol–water partition coefficient (Wildman–Crippen LogP) is 1.50. The fraction of sp³-hybridized carbons (Fsp3) is 0.909. The fourth-order valence-corrected chi connectivity index (χ4v) is 2.16. The standard InChI is InChI=1S/C11H24NO6P/c1-2-3-4-5-6-7-8-18-11(19(15,16)17)12-9-10(13)14/h11-12H,2-9H2,1H3,(H,13,14)(H2,15,16,17). The van der Waals surface area contributed by atoms with Crippen LogP contribution in [0, 0.1) is 0 Å². The highest BCUT2D eigenvalue weighted by Gasteiger charge is 2.29. The van der Waals surface area contributed by atoms with Crippen LogP contribution < -0.4 is 5.32 Å². The van der Waals surface area contributed by atoms with Gasteiger partial charge < -0.3 is 19.6 Å². The van der Waals surface area contributed by atoms with E-state index in [1.807, 2.05) is 0 Å². The fourth-order valence-electron chi connectivity index (χ4n) is 1.53. The van der Waals surface area contributed by atoms with Gasteiger partial charge >= 0.3 is 13.6 Å². The molecule has 0 aliphatic carbocycles. The first-order valence-corrected chi connectivity index (χ1v) is 8.18. The lowest BCUT2D eigenvalue weighted by molar-refractivity contribution is -0.136. The molecular weight excluding hydrogens is 273 g/mol. The highest BCUT2D eigenvalue weighted by molar-refractivity contribution is 7.52. The highest BCUT2D eigenvalue weighted by atomic mass is 31.2. The van der Waals surface area contributed by atoms with Crippen LogP contribution in [-0.2, 0) is 14.1 Å². The molecule has 0 spiro atoms. The topological polar surface area (TPSA) is 116 Å². The van der Waals surface area contributed by atoms with Crippen LogP contribution in [0.1, 0.15) is 45.4 Å². The second-order valence-electron chi connectivity index (χ2n) is 4.35. The molecule has 1 atom stereocenters. The Hall–Kier alpha value is -0.460. The maximum Gasteiger partial charge on any atom is 0.368 e. The van der Waals surface area contributed by atoms with Gasteiger partial charge in [0, 0.05) is 6.61 Å². The highest BCUT2D eigenvalue weighted by Crippen LogP contribution is 2.40. The van der Waals surface area contributed by atoms with Gasteiger partial charge in [0.25, 0.3) is 0 Å². The summed E-state index contributed by atoms with van der Waals surface area (Å²) in [6.45, 7) is 1.78. The van der Waals surface area contributed by atoms with Crippen LogP contribution in [0.3, 0.4) is 0 Å². The summed E-state index contributed by atoms with van der Waals surface area (Å²) in [4.78, 5) is 28.3. The van der Waals surface area contributed by atoms with E-state index in [4.69, 9.17) is 19.6 Å². The summed E-state index contributed by atoms with van der Waals surface area (Å²) < 4.78 is 16.1. The molecule has 19 heavy (non-hydrogen) atoms. The molecule has 0 heterocycles. The van der Waals surface area contributed by atoms with Crippen LogP contribution >= 0.6 is 7.60 Å². The summed E-state index contributed by atoms with van der Waals surface area (Å²) in [5.74, 6) is -2.74. The van der Waals surface area contributed by atoms with E-state index in [2.05, 4.69) is 12.2 Å². The number of ether oxygens (including phenoxy) is 1. The van der Waals surface area contributed by atoms with Crippen molar-refractivity contribution in [2.24, 2.45) is 0 Å². The van der Waals surface area contributed by atoms with Crippen LogP contribution in [0.2, 0.25) is 0 Å². The Morgan fingerprint density at radius 1 is 1.21 bits per heavy atom. The van der Waals surface area contributed by atoms with Gasteiger partial charge in [0.1, 0.15) is 0 Å². The van der Waals surface area contributed by atoms with Crippen LogP contribution in [0.5, 0.6) is 0 Å². The number of unbranched alkanes of at least 4 members (excludes halogenated alkanes) is 5. The largest absolute Gasteiger partial charge is 0.480 e. The zero-order valence-electron chi connectivity index (χ0n) is 11.2. The third kappa shape index (κ3) is 11.1. The normalized spacial score (nSPS) is 13.4.